The molecule has 0 aromatic carbocycles. The molecule has 0 saturated heterocycles. The maximum absolute atomic E-state index is 4.31. The summed E-state index contributed by atoms with van der Waals surface area (Å²) < 4.78 is 0. The van der Waals surface area contributed by atoms with Crippen LogP contribution in [-0.4, -0.2) is 22.2 Å². The van der Waals surface area contributed by atoms with Gasteiger partial charge in [-0.05, 0) is 12.8 Å². The van der Waals surface area contributed by atoms with Gasteiger partial charge in [0.15, 0.2) is 0 Å². The summed E-state index contributed by atoms with van der Waals surface area (Å²) in [6, 6.07) is 0.572. The summed E-state index contributed by atoms with van der Waals surface area (Å²) in [7, 11) is 0. The summed E-state index contributed by atoms with van der Waals surface area (Å²) in [5.41, 5.74) is 4.97. The summed E-state index contributed by atoms with van der Waals surface area (Å²) in [4.78, 5) is 8.56. The van der Waals surface area contributed by atoms with Crippen molar-refractivity contribution in [2.24, 2.45) is 5.10 Å². The Morgan fingerprint density at radius 1 is 1.25 bits per heavy atom. The molecule has 0 radical (unpaired) electrons. The average Bonchev–Trinajstić information content (AvgIpc) is 2.82. The van der Waals surface area contributed by atoms with E-state index in [2.05, 4.69) is 25.8 Å². The topological polar surface area (TPSA) is 62.2 Å². The Morgan fingerprint density at radius 3 is 3.00 bits per heavy atom. The van der Waals surface area contributed by atoms with Crippen molar-refractivity contribution in [1.82, 2.24) is 15.4 Å². The molecule has 1 fully saturated rings. The molecule has 1 aromatic rings. The fourth-order valence-electron chi connectivity index (χ4n) is 2.32. The lowest BCUT2D eigenvalue weighted by Gasteiger charge is -2.17. The lowest BCUT2D eigenvalue weighted by molar-refractivity contribution is 0.706. The Labute approximate surface area is 94.4 Å². The number of nitrogens with one attached hydrogen (secondary N) is 2. The highest BCUT2D eigenvalue weighted by Crippen LogP contribution is 2.23. The van der Waals surface area contributed by atoms with Crippen LogP contribution in [0.3, 0.4) is 0 Å². The van der Waals surface area contributed by atoms with Crippen molar-refractivity contribution < 1.29 is 0 Å². The third-order valence-electron chi connectivity index (χ3n) is 3.19. The van der Waals surface area contributed by atoms with Crippen LogP contribution in [0.4, 0.5) is 5.82 Å². The van der Waals surface area contributed by atoms with E-state index in [0.717, 1.165) is 17.1 Å². The molecule has 2 N–H and O–H groups in total. The monoisotopic (exact) mass is 217 g/mol. The lowest BCUT2D eigenvalue weighted by atomic mass is 10.2. The van der Waals surface area contributed by atoms with Gasteiger partial charge in [-0.25, -0.2) is 9.97 Å². The quantitative estimate of drug-likeness (QED) is 0.783. The van der Waals surface area contributed by atoms with Crippen LogP contribution >= 0.6 is 0 Å². The molecule has 1 aliphatic carbocycles. The average molecular weight is 217 g/mol. The molecule has 1 aliphatic heterocycles. The standard InChI is InChI=1S/C11H15N5/c1-2-4-8(3-1)16-11-9-5-14-15-6-10(9)12-7-13-11/h5,7-8,15H,1-4,6H2,(H,12,13,16). The van der Waals surface area contributed by atoms with Gasteiger partial charge >= 0.3 is 0 Å². The van der Waals surface area contributed by atoms with E-state index in [-0.39, 0.29) is 0 Å². The van der Waals surface area contributed by atoms with Gasteiger partial charge in [0.25, 0.3) is 0 Å². The molecule has 84 valence electrons. The lowest BCUT2D eigenvalue weighted by Crippen LogP contribution is -2.21. The molecule has 0 amide bonds. The number of anilines is 1. The van der Waals surface area contributed by atoms with Gasteiger partial charge in [-0.15, -0.1) is 0 Å². The van der Waals surface area contributed by atoms with E-state index < -0.39 is 0 Å². The molecule has 1 aromatic heterocycles. The van der Waals surface area contributed by atoms with Crippen LogP contribution in [-0.2, 0) is 6.54 Å². The highest BCUT2D eigenvalue weighted by Gasteiger charge is 2.18. The molecule has 5 nitrogen and oxygen atoms in total. The Balaban J connectivity index is 1.86. The van der Waals surface area contributed by atoms with E-state index in [1.165, 1.54) is 25.7 Å². The number of rotatable bonds is 2. The van der Waals surface area contributed by atoms with Crippen LogP contribution in [0.25, 0.3) is 0 Å². The van der Waals surface area contributed by atoms with Crippen LogP contribution in [0.15, 0.2) is 11.4 Å². The number of hydrazone groups is 1. The van der Waals surface area contributed by atoms with Crippen molar-refractivity contribution in [2.75, 3.05) is 5.32 Å². The Morgan fingerprint density at radius 2 is 2.12 bits per heavy atom. The van der Waals surface area contributed by atoms with Crippen molar-refractivity contribution >= 4 is 12.0 Å². The minimum atomic E-state index is 0.572. The molecule has 3 rings (SSSR count). The van der Waals surface area contributed by atoms with Crippen molar-refractivity contribution in [3.8, 4) is 0 Å². The fraction of sp³-hybridized carbons (Fsp3) is 0.545. The predicted octanol–water partition coefficient (Wildman–Crippen LogP) is 1.27. The van der Waals surface area contributed by atoms with E-state index in [0.29, 0.717) is 12.6 Å². The van der Waals surface area contributed by atoms with Crippen molar-refractivity contribution in [1.29, 1.82) is 0 Å². The number of hydrogen-bond donors (Lipinski definition) is 2. The molecular formula is C11H15N5. The van der Waals surface area contributed by atoms with Gasteiger partial charge in [0.1, 0.15) is 12.1 Å². The van der Waals surface area contributed by atoms with Gasteiger partial charge in [-0.2, -0.15) is 5.10 Å². The number of hydrogen-bond acceptors (Lipinski definition) is 5. The summed E-state index contributed by atoms with van der Waals surface area (Å²) in [5.74, 6) is 0.933. The smallest absolute Gasteiger partial charge is 0.138 e. The minimum absolute atomic E-state index is 0.572. The summed E-state index contributed by atoms with van der Waals surface area (Å²) in [6.45, 7) is 0.688. The molecule has 2 aliphatic rings. The first kappa shape index (κ1) is 9.57. The first-order valence-electron chi connectivity index (χ1n) is 5.80. The van der Waals surface area contributed by atoms with Gasteiger partial charge in [0.2, 0.25) is 0 Å². The molecule has 0 bridgehead atoms. The molecule has 0 unspecified atom stereocenters. The Bertz CT molecular complexity index is 409. The first-order valence-corrected chi connectivity index (χ1v) is 5.80. The predicted molar refractivity (Wildman–Crippen MR) is 62.3 cm³/mol. The SMILES string of the molecule is C1=NNCc2ncnc(NC3CCCC3)c21. The van der Waals surface area contributed by atoms with Crippen molar-refractivity contribution in [3.05, 3.63) is 17.6 Å². The molecule has 1 saturated carbocycles. The van der Waals surface area contributed by atoms with Gasteiger partial charge in [-0.1, -0.05) is 12.8 Å². The summed E-state index contributed by atoms with van der Waals surface area (Å²) >= 11 is 0. The van der Waals surface area contributed by atoms with Crippen LogP contribution in [0.1, 0.15) is 36.9 Å². The number of fused-ring (bicyclic) bond motifs is 1. The largest absolute Gasteiger partial charge is 0.367 e. The van der Waals surface area contributed by atoms with Crippen LogP contribution < -0.4 is 10.7 Å². The third kappa shape index (κ3) is 1.73. The second-order valence-electron chi connectivity index (χ2n) is 4.30. The summed E-state index contributed by atoms with van der Waals surface area (Å²) in [5, 5.41) is 7.56. The third-order valence-corrected chi connectivity index (χ3v) is 3.19. The Hall–Kier alpha value is -1.65. The van der Waals surface area contributed by atoms with E-state index in [1.54, 1.807) is 12.5 Å². The Kier molecular flexibility index (Phi) is 2.44. The molecule has 16 heavy (non-hydrogen) atoms. The fourth-order valence-corrected chi connectivity index (χ4v) is 2.32. The highest BCUT2D eigenvalue weighted by atomic mass is 15.3. The van der Waals surface area contributed by atoms with Gasteiger partial charge in [0.05, 0.1) is 24.0 Å². The maximum Gasteiger partial charge on any atom is 0.138 e. The molecule has 0 atom stereocenters. The summed E-state index contributed by atoms with van der Waals surface area (Å²) in [6.07, 6.45) is 8.55. The molecule has 0 spiro atoms. The van der Waals surface area contributed by atoms with Crippen LogP contribution in [0, 0.1) is 0 Å². The second kappa shape index (κ2) is 4.08. The van der Waals surface area contributed by atoms with Gasteiger partial charge in [0, 0.05) is 6.04 Å². The van der Waals surface area contributed by atoms with Crippen LogP contribution in [0.5, 0.6) is 0 Å². The zero-order valence-electron chi connectivity index (χ0n) is 9.11. The maximum atomic E-state index is 4.31. The minimum Gasteiger partial charge on any atom is -0.367 e. The van der Waals surface area contributed by atoms with E-state index >= 15 is 0 Å². The van der Waals surface area contributed by atoms with Gasteiger partial charge < -0.3 is 10.7 Å². The number of nitrogens with zero attached hydrogens (tertiary/aromatic N) is 3. The first-order chi connectivity index (χ1) is 7.93. The number of aromatic nitrogens is 2. The normalized spacial score (nSPS) is 19.2. The zero-order chi connectivity index (χ0) is 10.8. The second-order valence-corrected chi connectivity index (χ2v) is 4.30. The zero-order valence-corrected chi connectivity index (χ0v) is 9.11. The molecule has 2 heterocycles. The van der Waals surface area contributed by atoms with E-state index in [9.17, 15) is 0 Å². The van der Waals surface area contributed by atoms with Crippen molar-refractivity contribution in [2.45, 2.75) is 38.3 Å². The molecule has 5 heteroatoms. The highest BCUT2D eigenvalue weighted by molar-refractivity contribution is 5.88. The van der Waals surface area contributed by atoms with Crippen molar-refractivity contribution in [3.63, 3.8) is 0 Å². The van der Waals surface area contributed by atoms with E-state index in [1.807, 2.05) is 0 Å². The molecular weight excluding hydrogens is 202 g/mol. The van der Waals surface area contributed by atoms with Crippen LogP contribution in [0.2, 0.25) is 0 Å². The van der Waals surface area contributed by atoms with E-state index in [4.69, 9.17) is 0 Å². The van der Waals surface area contributed by atoms with Gasteiger partial charge in [-0.3, -0.25) is 0 Å².